The molecule has 0 aromatic rings. The van der Waals surface area contributed by atoms with Crippen LogP contribution in [0.25, 0.3) is 0 Å². The third kappa shape index (κ3) is 20.4. The van der Waals surface area contributed by atoms with Gasteiger partial charge in [0.2, 0.25) is 0 Å². The van der Waals surface area contributed by atoms with E-state index in [0.29, 0.717) is 12.5 Å². The number of hydrogen-bond acceptors (Lipinski definition) is 3. The maximum Gasteiger partial charge on any atom is 0.306 e. The molecule has 1 atom stereocenters. The van der Waals surface area contributed by atoms with E-state index in [-0.39, 0.29) is 12.8 Å². The lowest BCUT2D eigenvalue weighted by Crippen LogP contribution is -2.14. The van der Waals surface area contributed by atoms with Crippen LogP contribution < -0.4 is 0 Å². The van der Waals surface area contributed by atoms with Crippen LogP contribution in [0.15, 0.2) is 60.8 Å². The van der Waals surface area contributed by atoms with Gasteiger partial charge in [0.05, 0.1) is 19.4 Å². The van der Waals surface area contributed by atoms with Crippen molar-refractivity contribution in [3.63, 3.8) is 0 Å². The van der Waals surface area contributed by atoms with Crippen molar-refractivity contribution in [2.24, 2.45) is 5.92 Å². The van der Waals surface area contributed by atoms with Gasteiger partial charge < -0.3 is 9.84 Å². The minimum atomic E-state index is -0.975. The van der Waals surface area contributed by atoms with Gasteiger partial charge in [-0.2, -0.15) is 0 Å². The van der Waals surface area contributed by atoms with Crippen molar-refractivity contribution in [1.29, 1.82) is 0 Å². The lowest BCUT2D eigenvalue weighted by molar-refractivity contribution is -0.148. The third-order valence-corrected chi connectivity index (χ3v) is 4.50. The molecule has 1 unspecified atom stereocenters. The van der Waals surface area contributed by atoms with E-state index in [4.69, 9.17) is 9.84 Å². The number of aliphatic carboxylic acids is 1. The lowest BCUT2D eigenvalue weighted by Gasteiger charge is -2.13. The minimum Gasteiger partial charge on any atom is -0.481 e. The lowest BCUT2D eigenvalue weighted by atomic mass is 10.0. The van der Waals surface area contributed by atoms with Crippen molar-refractivity contribution in [2.45, 2.75) is 78.1 Å². The largest absolute Gasteiger partial charge is 0.481 e. The van der Waals surface area contributed by atoms with Gasteiger partial charge in [-0.1, -0.05) is 81.0 Å². The Morgan fingerprint density at radius 1 is 0.767 bits per heavy atom. The Bertz CT molecular complexity index is 582. The number of carboxylic acid groups (broad SMARTS) is 1. The molecule has 0 aromatic heterocycles. The fourth-order valence-corrected chi connectivity index (χ4v) is 2.60. The van der Waals surface area contributed by atoms with Crippen LogP contribution in [-0.2, 0) is 14.3 Å². The van der Waals surface area contributed by atoms with Crippen LogP contribution in [0.5, 0.6) is 0 Å². The van der Waals surface area contributed by atoms with Crippen LogP contribution in [0.4, 0.5) is 0 Å². The van der Waals surface area contributed by atoms with E-state index in [1.807, 2.05) is 0 Å². The van der Waals surface area contributed by atoms with E-state index in [9.17, 15) is 9.59 Å². The molecule has 168 valence electrons. The first-order chi connectivity index (χ1) is 14.6. The van der Waals surface area contributed by atoms with Crippen LogP contribution in [0.3, 0.4) is 0 Å². The average Bonchev–Trinajstić information content (AvgIpc) is 2.74. The van der Waals surface area contributed by atoms with Gasteiger partial charge in [0.15, 0.2) is 0 Å². The Morgan fingerprint density at radius 2 is 1.27 bits per heavy atom. The normalized spacial score (nSPS) is 13.4. The number of carbonyl (C=O) groups is 2. The molecule has 0 amide bonds. The molecule has 0 aliphatic rings. The first-order valence-corrected chi connectivity index (χ1v) is 11.2. The summed E-state index contributed by atoms with van der Waals surface area (Å²) in [6, 6.07) is 0. The average molecular weight is 417 g/mol. The molecule has 30 heavy (non-hydrogen) atoms. The SMILES string of the molecule is CCC=CCC=CCC=CCC=CCC=CCCC(CC)COC(=O)CCC(=O)O. The molecule has 0 radical (unpaired) electrons. The fourth-order valence-electron chi connectivity index (χ4n) is 2.60. The predicted octanol–water partition coefficient (Wildman–Crippen LogP) is 6.95. The quantitative estimate of drug-likeness (QED) is 0.194. The van der Waals surface area contributed by atoms with Crippen molar-refractivity contribution >= 4 is 11.9 Å². The van der Waals surface area contributed by atoms with Gasteiger partial charge in [0, 0.05) is 0 Å². The summed E-state index contributed by atoms with van der Waals surface area (Å²) in [6.07, 6.45) is 29.5. The highest BCUT2D eigenvalue weighted by molar-refractivity contribution is 5.76. The number of rotatable bonds is 18. The molecule has 0 saturated heterocycles. The van der Waals surface area contributed by atoms with Crippen LogP contribution in [0.2, 0.25) is 0 Å². The molecule has 0 fully saturated rings. The van der Waals surface area contributed by atoms with E-state index >= 15 is 0 Å². The number of ether oxygens (including phenoxy) is 1. The monoisotopic (exact) mass is 416 g/mol. The maximum absolute atomic E-state index is 11.5. The zero-order chi connectivity index (χ0) is 22.3. The van der Waals surface area contributed by atoms with Crippen molar-refractivity contribution < 1.29 is 19.4 Å². The van der Waals surface area contributed by atoms with E-state index in [1.165, 1.54) is 0 Å². The van der Waals surface area contributed by atoms with Crippen LogP contribution in [-0.4, -0.2) is 23.7 Å². The first kappa shape index (κ1) is 27.6. The molecular weight excluding hydrogens is 376 g/mol. The highest BCUT2D eigenvalue weighted by atomic mass is 16.5. The number of carboxylic acids is 1. The summed E-state index contributed by atoms with van der Waals surface area (Å²) in [7, 11) is 0. The van der Waals surface area contributed by atoms with E-state index in [1.54, 1.807) is 0 Å². The Balaban J connectivity index is 3.75. The van der Waals surface area contributed by atoms with Crippen molar-refractivity contribution in [1.82, 2.24) is 0 Å². The molecule has 0 bridgehead atoms. The molecule has 0 aliphatic carbocycles. The highest BCUT2D eigenvalue weighted by Crippen LogP contribution is 2.13. The van der Waals surface area contributed by atoms with Gasteiger partial charge in [0.25, 0.3) is 0 Å². The number of carbonyl (C=O) groups excluding carboxylic acids is 1. The third-order valence-electron chi connectivity index (χ3n) is 4.50. The number of esters is 1. The summed E-state index contributed by atoms with van der Waals surface area (Å²) in [4.78, 5) is 21.9. The topological polar surface area (TPSA) is 63.6 Å². The second-order valence-electron chi connectivity index (χ2n) is 7.14. The molecule has 0 heterocycles. The minimum absolute atomic E-state index is 0.0550. The van der Waals surface area contributed by atoms with Gasteiger partial charge in [0.1, 0.15) is 0 Å². The summed E-state index contributed by atoms with van der Waals surface area (Å²) in [5, 5.41) is 8.57. The molecule has 0 aromatic carbocycles. The second kappa shape index (κ2) is 21.4. The zero-order valence-corrected chi connectivity index (χ0v) is 18.8. The van der Waals surface area contributed by atoms with E-state index < -0.39 is 11.9 Å². The molecule has 4 heteroatoms. The van der Waals surface area contributed by atoms with Gasteiger partial charge in [-0.3, -0.25) is 9.59 Å². The molecule has 4 nitrogen and oxygen atoms in total. The second-order valence-corrected chi connectivity index (χ2v) is 7.14. The summed E-state index contributed by atoms with van der Waals surface area (Å²) < 4.78 is 5.17. The zero-order valence-electron chi connectivity index (χ0n) is 18.8. The summed E-state index contributed by atoms with van der Waals surface area (Å²) in [5.74, 6) is -1.08. The Hall–Kier alpha value is -2.36. The summed E-state index contributed by atoms with van der Waals surface area (Å²) in [5.41, 5.74) is 0. The molecule has 0 rings (SSSR count). The standard InChI is InChI=1S/C26H40O4/c1-3-5-6-7-8-9-10-11-12-13-14-15-16-17-18-19-20-24(4-2)23-30-26(29)22-21-25(27)28/h5-6,8-9,11-12,14-15,17-18,24H,3-4,7,10,13,16,19-23H2,1-2H3,(H,27,28). The summed E-state index contributed by atoms with van der Waals surface area (Å²) in [6.45, 7) is 4.60. The molecule has 0 spiro atoms. The molecule has 0 saturated carbocycles. The van der Waals surface area contributed by atoms with Crippen LogP contribution in [0, 0.1) is 5.92 Å². The van der Waals surface area contributed by atoms with Crippen LogP contribution in [0.1, 0.15) is 78.1 Å². The number of allylic oxidation sites excluding steroid dienone is 10. The molecule has 1 N–H and O–H groups in total. The van der Waals surface area contributed by atoms with Gasteiger partial charge >= 0.3 is 11.9 Å². The smallest absolute Gasteiger partial charge is 0.306 e. The highest BCUT2D eigenvalue weighted by Gasteiger charge is 2.11. The van der Waals surface area contributed by atoms with E-state index in [0.717, 1.165) is 51.4 Å². The maximum atomic E-state index is 11.5. The van der Waals surface area contributed by atoms with E-state index in [2.05, 4.69) is 74.6 Å². The fraction of sp³-hybridized carbons (Fsp3) is 0.538. The van der Waals surface area contributed by atoms with Gasteiger partial charge in [-0.25, -0.2) is 0 Å². The van der Waals surface area contributed by atoms with Crippen molar-refractivity contribution in [3.05, 3.63) is 60.8 Å². The Morgan fingerprint density at radius 3 is 1.73 bits per heavy atom. The van der Waals surface area contributed by atoms with Gasteiger partial charge in [-0.05, 0) is 50.9 Å². The van der Waals surface area contributed by atoms with Crippen LogP contribution >= 0.6 is 0 Å². The number of hydrogen-bond donors (Lipinski definition) is 1. The molecular formula is C26H40O4. The molecule has 0 aliphatic heterocycles. The predicted molar refractivity (Wildman–Crippen MR) is 125 cm³/mol. The first-order valence-electron chi connectivity index (χ1n) is 11.2. The Labute approximate surface area is 183 Å². The summed E-state index contributed by atoms with van der Waals surface area (Å²) >= 11 is 0. The van der Waals surface area contributed by atoms with Crippen molar-refractivity contribution in [2.75, 3.05) is 6.61 Å². The Kier molecular flexibility index (Phi) is 19.7. The van der Waals surface area contributed by atoms with Crippen molar-refractivity contribution in [3.8, 4) is 0 Å². The van der Waals surface area contributed by atoms with Gasteiger partial charge in [-0.15, -0.1) is 0 Å².